The number of nitrogens with two attached hydrogens (primary N) is 1. The largest absolute Gasteiger partial charge is 0.416 e. The quantitative estimate of drug-likeness (QED) is 0.663. The molecule has 2 aromatic carbocycles. The van der Waals surface area contributed by atoms with E-state index in [1.165, 1.54) is 18.2 Å². The molecule has 0 amide bonds. The summed E-state index contributed by atoms with van der Waals surface area (Å²) in [7, 11) is 0. The van der Waals surface area contributed by atoms with Crippen molar-refractivity contribution < 1.29 is 18.0 Å². The average molecular weight is 265 g/mol. The summed E-state index contributed by atoms with van der Waals surface area (Å²) in [5.41, 5.74) is 6.20. The number of nitrogen functional groups attached to an aromatic ring is 1. The second kappa shape index (κ2) is 4.76. The maximum atomic E-state index is 12.6. The molecule has 5 heteroatoms. The van der Waals surface area contributed by atoms with Crippen LogP contribution in [0.15, 0.2) is 42.5 Å². The first-order chi connectivity index (χ1) is 8.93. The Hall–Kier alpha value is -2.30. The number of carbonyl (C=O) groups is 1. The summed E-state index contributed by atoms with van der Waals surface area (Å²) in [6.07, 6.45) is -3.83. The van der Waals surface area contributed by atoms with Crippen LogP contribution in [0.25, 0.3) is 11.1 Å². The minimum Gasteiger partial charge on any atom is -0.398 e. The fourth-order valence-electron chi connectivity index (χ4n) is 1.80. The van der Waals surface area contributed by atoms with Crippen molar-refractivity contribution in [1.29, 1.82) is 0 Å². The molecule has 0 spiro atoms. The van der Waals surface area contributed by atoms with E-state index in [1.54, 1.807) is 12.1 Å². The topological polar surface area (TPSA) is 43.1 Å². The van der Waals surface area contributed by atoms with Crippen LogP contribution < -0.4 is 5.73 Å². The molecule has 0 radical (unpaired) electrons. The number of hydrogen-bond acceptors (Lipinski definition) is 2. The van der Waals surface area contributed by atoms with E-state index in [2.05, 4.69) is 0 Å². The summed E-state index contributed by atoms with van der Waals surface area (Å²) in [5, 5.41) is 0. The van der Waals surface area contributed by atoms with E-state index in [0.29, 0.717) is 17.4 Å². The molecule has 0 saturated carbocycles. The van der Waals surface area contributed by atoms with Crippen molar-refractivity contribution in [3.63, 3.8) is 0 Å². The lowest BCUT2D eigenvalue weighted by atomic mass is 9.99. The molecule has 2 rings (SSSR count). The van der Waals surface area contributed by atoms with Crippen LogP contribution in [0.2, 0.25) is 0 Å². The first-order valence-corrected chi connectivity index (χ1v) is 5.45. The minimum atomic E-state index is -4.41. The van der Waals surface area contributed by atoms with Crippen LogP contribution in [0.3, 0.4) is 0 Å². The van der Waals surface area contributed by atoms with Gasteiger partial charge in [-0.25, -0.2) is 0 Å². The van der Waals surface area contributed by atoms with Crippen molar-refractivity contribution in [3.05, 3.63) is 53.6 Å². The van der Waals surface area contributed by atoms with E-state index < -0.39 is 11.7 Å². The number of hydrogen-bond donors (Lipinski definition) is 1. The first-order valence-electron chi connectivity index (χ1n) is 5.45. The molecule has 0 fully saturated rings. The number of anilines is 1. The van der Waals surface area contributed by atoms with Crippen molar-refractivity contribution in [1.82, 2.24) is 0 Å². The molecule has 0 aliphatic rings. The zero-order valence-corrected chi connectivity index (χ0v) is 9.74. The number of aldehydes is 1. The van der Waals surface area contributed by atoms with Crippen molar-refractivity contribution in [2.75, 3.05) is 5.73 Å². The molecule has 0 atom stereocenters. The summed E-state index contributed by atoms with van der Waals surface area (Å²) < 4.78 is 37.9. The molecule has 0 aliphatic carbocycles. The zero-order valence-electron chi connectivity index (χ0n) is 9.74. The van der Waals surface area contributed by atoms with Gasteiger partial charge in [0, 0.05) is 16.8 Å². The molecule has 0 saturated heterocycles. The second-order valence-corrected chi connectivity index (χ2v) is 4.00. The molecule has 2 nitrogen and oxygen atoms in total. The third kappa shape index (κ3) is 2.59. The van der Waals surface area contributed by atoms with E-state index in [4.69, 9.17) is 5.73 Å². The van der Waals surface area contributed by atoms with Gasteiger partial charge in [0.05, 0.1) is 5.56 Å². The molecule has 19 heavy (non-hydrogen) atoms. The maximum absolute atomic E-state index is 12.6. The summed E-state index contributed by atoms with van der Waals surface area (Å²) in [6, 6.07) is 9.51. The lowest BCUT2D eigenvalue weighted by Gasteiger charge is -2.11. The number of benzene rings is 2. The van der Waals surface area contributed by atoms with Crippen LogP contribution in [0.5, 0.6) is 0 Å². The Morgan fingerprint density at radius 2 is 1.74 bits per heavy atom. The third-order valence-electron chi connectivity index (χ3n) is 2.77. The van der Waals surface area contributed by atoms with Crippen LogP contribution in [-0.2, 0) is 6.18 Å². The van der Waals surface area contributed by atoms with Gasteiger partial charge in [0.25, 0.3) is 0 Å². The maximum Gasteiger partial charge on any atom is 0.416 e. The van der Waals surface area contributed by atoms with Gasteiger partial charge < -0.3 is 5.73 Å². The summed E-state index contributed by atoms with van der Waals surface area (Å²) in [4.78, 5) is 10.8. The van der Waals surface area contributed by atoms with Crippen molar-refractivity contribution in [3.8, 4) is 11.1 Å². The molecule has 98 valence electrons. The molecular weight excluding hydrogens is 255 g/mol. The van der Waals surface area contributed by atoms with Gasteiger partial charge in [0.15, 0.2) is 6.29 Å². The highest BCUT2D eigenvalue weighted by atomic mass is 19.4. The van der Waals surface area contributed by atoms with Gasteiger partial charge in [-0.2, -0.15) is 13.2 Å². The fraction of sp³-hybridized carbons (Fsp3) is 0.0714. The van der Waals surface area contributed by atoms with E-state index >= 15 is 0 Å². The standard InChI is InChI=1S/C14H10F3NO/c15-14(16,17)11-5-1-3-9(7-11)12-6-2-4-10(8-19)13(12)18/h1-8H,18H2. The summed E-state index contributed by atoms with van der Waals surface area (Å²) in [6.45, 7) is 0. The molecule has 0 aliphatic heterocycles. The lowest BCUT2D eigenvalue weighted by molar-refractivity contribution is -0.137. The van der Waals surface area contributed by atoms with Gasteiger partial charge in [0.1, 0.15) is 0 Å². The number of carbonyl (C=O) groups excluding carboxylic acids is 1. The molecule has 0 bridgehead atoms. The lowest BCUT2D eigenvalue weighted by Crippen LogP contribution is -2.05. The molecule has 0 heterocycles. The zero-order chi connectivity index (χ0) is 14.0. The van der Waals surface area contributed by atoms with Crippen molar-refractivity contribution in [2.45, 2.75) is 6.18 Å². The Morgan fingerprint density at radius 3 is 2.37 bits per heavy atom. The van der Waals surface area contributed by atoms with Crippen LogP contribution >= 0.6 is 0 Å². The normalized spacial score (nSPS) is 11.3. The average Bonchev–Trinajstić information content (AvgIpc) is 2.38. The van der Waals surface area contributed by atoms with Gasteiger partial charge >= 0.3 is 6.18 Å². The highest BCUT2D eigenvalue weighted by Crippen LogP contribution is 2.34. The Balaban J connectivity index is 2.57. The first kappa shape index (κ1) is 13.1. The van der Waals surface area contributed by atoms with Gasteiger partial charge in [-0.3, -0.25) is 4.79 Å². The molecule has 0 aromatic heterocycles. The molecular formula is C14H10F3NO. The molecule has 2 N–H and O–H groups in total. The predicted molar refractivity (Wildman–Crippen MR) is 66.7 cm³/mol. The van der Waals surface area contributed by atoms with Crippen LogP contribution in [-0.4, -0.2) is 6.29 Å². The van der Waals surface area contributed by atoms with Crippen molar-refractivity contribution >= 4 is 12.0 Å². The molecule has 2 aromatic rings. The van der Waals surface area contributed by atoms with E-state index in [1.807, 2.05) is 0 Å². The predicted octanol–water partition coefficient (Wildman–Crippen LogP) is 3.77. The highest BCUT2D eigenvalue weighted by molar-refractivity contribution is 5.91. The monoisotopic (exact) mass is 265 g/mol. The van der Waals surface area contributed by atoms with E-state index in [0.717, 1.165) is 12.1 Å². The van der Waals surface area contributed by atoms with E-state index in [-0.39, 0.29) is 11.3 Å². The van der Waals surface area contributed by atoms with Crippen LogP contribution in [0.1, 0.15) is 15.9 Å². The SMILES string of the molecule is Nc1c(C=O)cccc1-c1cccc(C(F)(F)F)c1. The van der Waals surface area contributed by atoms with Crippen molar-refractivity contribution in [2.24, 2.45) is 0 Å². The van der Waals surface area contributed by atoms with E-state index in [9.17, 15) is 18.0 Å². The Kier molecular flexibility index (Phi) is 3.29. The number of alkyl halides is 3. The van der Waals surface area contributed by atoms with Gasteiger partial charge in [-0.1, -0.05) is 24.3 Å². The van der Waals surface area contributed by atoms with Crippen LogP contribution in [0.4, 0.5) is 18.9 Å². The van der Waals surface area contributed by atoms with Gasteiger partial charge in [0.2, 0.25) is 0 Å². The second-order valence-electron chi connectivity index (χ2n) is 4.00. The molecule has 0 unspecified atom stereocenters. The smallest absolute Gasteiger partial charge is 0.398 e. The summed E-state index contributed by atoms with van der Waals surface area (Å²) >= 11 is 0. The highest BCUT2D eigenvalue weighted by Gasteiger charge is 2.30. The Bertz CT molecular complexity index is 620. The summed E-state index contributed by atoms with van der Waals surface area (Å²) in [5.74, 6) is 0. The number of halogens is 3. The van der Waals surface area contributed by atoms with Gasteiger partial charge in [-0.05, 0) is 23.8 Å². The third-order valence-corrected chi connectivity index (χ3v) is 2.77. The Morgan fingerprint density at radius 1 is 1.05 bits per heavy atom. The minimum absolute atomic E-state index is 0.178. The van der Waals surface area contributed by atoms with Crippen LogP contribution in [0, 0.1) is 0 Å². The Labute approximate surface area is 107 Å². The number of para-hydroxylation sites is 1. The van der Waals surface area contributed by atoms with Gasteiger partial charge in [-0.15, -0.1) is 0 Å². The number of rotatable bonds is 2. The fourth-order valence-corrected chi connectivity index (χ4v) is 1.80.